The van der Waals surface area contributed by atoms with Crippen molar-refractivity contribution in [3.8, 4) is 23.0 Å². The fourth-order valence-corrected chi connectivity index (χ4v) is 3.01. The molecule has 0 amide bonds. The molecule has 23 heavy (non-hydrogen) atoms. The number of aryl methyl sites for hydroxylation is 1. The van der Waals surface area contributed by atoms with Crippen LogP contribution in [0.1, 0.15) is 16.7 Å². The Morgan fingerprint density at radius 1 is 1.17 bits per heavy atom. The Balaban J connectivity index is 1.83. The van der Waals surface area contributed by atoms with Gasteiger partial charge in [0.2, 0.25) is 5.88 Å². The molecular formula is C18H13BrN2O2. The molecule has 0 bridgehead atoms. The molecule has 4 nitrogen and oxygen atoms in total. The number of benzene rings is 2. The highest BCUT2D eigenvalue weighted by Gasteiger charge is 2.23. The molecule has 0 atom stereocenters. The SMILES string of the molecule is Cc1cccc2c1Oc1nc(-c3ccc(Br)cc3)[nH]c(=O)c1C2. The summed E-state index contributed by atoms with van der Waals surface area (Å²) in [6, 6.07) is 13.6. The first-order chi connectivity index (χ1) is 11.1. The van der Waals surface area contributed by atoms with E-state index >= 15 is 0 Å². The van der Waals surface area contributed by atoms with Crippen molar-refractivity contribution < 1.29 is 4.74 Å². The zero-order chi connectivity index (χ0) is 16.0. The second-order valence-corrected chi connectivity index (χ2v) is 6.46. The summed E-state index contributed by atoms with van der Waals surface area (Å²) < 4.78 is 6.91. The third-order valence-electron chi connectivity index (χ3n) is 3.95. The molecular weight excluding hydrogens is 356 g/mol. The van der Waals surface area contributed by atoms with Crippen LogP contribution in [0.4, 0.5) is 0 Å². The van der Waals surface area contributed by atoms with Gasteiger partial charge in [-0.1, -0.05) is 46.3 Å². The van der Waals surface area contributed by atoms with Gasteiger partial charge < -0.3 is 9.72 Å². The lowest BCUT2D eigenvalue weighted by Gasteiger charge is -2.20. The van der Waals surface area contributed by atoms with Crippen molar-refractivity contribution in [2.75, 3.05) is 0 Å². The predicted molar refractivity (Wildman–Crippen MR) is 92.1 cm³/mol. The summed E-state index contributed by atoms with van der Waals surface area (Å²) in [6.07, 6.45) is 0.537. The molecule has 0 saturated carbocycles. The van der Waals surface area contributed by atoms with Crippen molar-refractivity contribution in [2.45, 2.75) is 13.3 Å². The van der Waals surface area contributed by atoms with E-state index < -0.39 is 0 Å². The first-order valence-electron chi connectivity index (χ1n) is 7.27. The van der Waals surface area contributed by atoms with Gasteiger partial charge in [0.1, 0.15) is 11.6 Å². The Morgan fingerprint density at radius 2 is 1.96 bits per heavy atom. The van der Waals surface area contributed by atoms with E-state index in [0.717, 1.165) is 26.9 Å². The molecule has 0 fully saturated rings. The van der Waals surface area contributed by atoms with E-state index in [4.69, 9.17) is 4.74 Å². The first kappa shape index (κ1) is 14.2. The van der Waals surface area contributed by atoms with Crippen LogP contribution in [-0.2, 0) is 6.42 Å². The number of halogens is 1. The number of ether oxygens (including phenoxy) is 1. The molecule has 2 aromatic carbocycles. The Hall–Kier alpha value is -2.40. The highest BCUT2D eigenvalue weighted by Crippen LogP contribution is 2.36. The summed E-state index contributed by atoms with van der Waals surface area (Å²) in [5.74, 6) is 1.71. The maximum Gasteiger partial charge on any atom is 0.258 e. The largest absolute Gasteiger partial charge is 0.438 e. The summed E-state index contributed by atoms with van der Waals surface area (Å²) in [4.78, 5) is 19.8. The average Bonchev–Trinajstić information content (AvgIpc) is 2.55. The van der Waals surface area contributed by atoms with Crippen LogP contribution in [0.2, 0.25) is 0 Å². The lowest BCUT2D eigenvalue weighted by molar-refractivity contribution is 0.435. The highest BCUT2D eigenvalue weighted by molar-refractivity contribution is 9.10. The summed E-state index contributed by atoms with van der Waals surface area (Å²) in [6.45, 7) is 1.99. The zero-order valence-corrected chi connectivity index (χ0v) is 14.0. The maximum absolute atomic E-state index is 12.4. The third kappa shape index (κ3) is 2.47. The molecule has 2 heterocycles. The summed E-state index contributed by atoms with van der Waals surface area (Å²) in [5, 5.41) is 0. The van der Waals surface area contributed by atoms with Crippen molar-refractivity contribution in [2.24, 2.45) is 0 Å². The number of aromatic amines is 1. The van der Waals surface area contributed by atoms with Crippen molar-refractivity contribution in [1.82, 2.24) is 9.97 Å². The molecule has 1 aliphatic heterocycles. The monoisotopic (exact) mass is 368 g/mol. The van der Waals surface area contributed by atoms with Crippen LogP contribution in [0.3, 0.4) is 0 Å². The number of fused-ring (bicyclic) bond motifs is 2. The van der Waals surface area contributed by atoms with Gasteiger partial charge in [0.15, 0.2) is 0 Å². The van der Waals surface area contributed by atoms with Gasteiger partial charge in [-0.15, -0.1) is 0 Å². The van der Waals surface area contributed by atoms with Crippen molar-refractivity contribution in [1.29, 1.82) is 0 Å². The minimum absolute atomic E-state index is 0.153. The first-order valence-corrected chi connectivity index (χ1v) is 8.06. The third-order valence-corrected chi connectivity index (χ3v) is 4.48. The van der Waals surface area contributed by atoms with Crippen molar-refractivity contribution >= 4 is 15.9 Å². The Kier molecular flexibility index (Phi) is 3.31. The molecule has 1 aromatic heterocycles. The van der Waals surface area contributed by atoms with E-state index in [1.807, 2.05) is 49.4 Å². The van der Waals surface area contributed by atoms with Gasteiger partial charge in [0.25, 0.3) is 5.56 Å². The number of nitrogens with one attached hydrogen (secondary N) is 1. The van der Waals surface area contributed by atoms with Gasteiger partial charge in [-0.25, -0.2) is 0 Å². The van der Waals surface area contributed by atoms with Gasteiger partial charge >= 0.3 is 0 Å². The summed E-state index contributed by atoms with van der Waals surface area (Å²) >= 11 is 3.40. The smallest absolute Gasteiger partial charge is 0.258 e. The van der Waals surface area contributed by atoms with Crippen LogP contribution in [-0.4, -0.2) is 9.97 Å². The normalized spacial score (nSPS) is 12.3. The number of nitrogens with zero attached hydrogens (tertiary/aromatic N) is 1. The molecule has 0 saturated heterocycles. The van der Waals surface area contributed by atoms with E-state index in [1.165, 1.54) is 0 Å². The number of H-pyrrole nitrogens is 1. The molecule has 4 rings (SSSR count). The molecule has 1 N–H and O–H groups in total. The Morgan fingerprint density at radius 3 is 2.74 bits per heavy atom. The van der Waals surface area contributed by atoms with E-state index in [0.29, 0.717) is 23.7 Å². The molecule has 3 aromatic rings. The maximum atomic E-state index is 12.4. The fraction of sp³-hybridized carbons (Fsp3) is 0.111. The van der Waals surface area contributed by atoms with E-state index in [9.17, 15) is 4.79 Å². The van der Waals surface area contributed by atoms with Crippen LogP contribution < -0.4 is 10.3 Å². The fourth-order valence-electron chi connectivity index (χ4n) is 2.75. The summed E-state index contributed by atoms with van der Waals surface area (Å²) in [7, 11) is 0. The van der Waals surface area contributed by atoms with Crippen molar-refractivity contribution in [3.63, 3.8) is 0 Å². The van der Waals surface area contributed by atoms with Gasteiger partial charge in [-0.3, -0.25) is 4.79 Å². The molecule has 114 valence electrons. The molecule has 0 aliphatic carbocycles. The Labute approximate surface area is 141 Å². The van der Waals surface area contributed by atoms with Gasteiger partial charge in [0.05, 0.1) is 5.56 Å². The molecule has 0 spiro atoms. The molecule has 5 heteroatoms. The van der Waals surface area contributed by atoms with Gasteiger partial charge in [-0.05, 0) is 30.2 Å². The summed E-state index contributed by atoms with van der Waals surface area (Å²) in [5.41, 5.74) is 3.32. The highest BCUT2D eigenvalue weighted by atomic mass is 79.9. The van der Waals surface area contributed by atoms with Crippen LogP contribution in [0.25, 0.3) is 11.4 Å². The number of aromatic nitrogens is 2. The van der Waals surface area contributed by atoms with E-state index in [1.54, 1.807) is 0 Å². The van der Waals surface area contributed by atoms with Crippen LogP contribution in [0.5, 0.6) is 11.6 Å². The number of para-hydroxylation sites is 1. The lowest BCUT2D eigenvalue weighted by atomic mass is 10.0. The predicted octanol–water partition coefficient (Wildman–Crippen LogP) is 4.20. The van der Waals surface area contributed by atoms with E-state index in [2.05, 4.69) is 25.9 Å². The van der Waals surface area contributed by atoms with Crippen LogP contribution in [0.15, 0.2) is 51.7 Å². The van der Waals surface area contributed by atoms with Crippen molar-refractivity contribution in [3.05, 3.63) is 74.0 Å². The standard InChI is InChI=1S/C18H13BrN2O2/c1-10-3-2-4-12-9-14-17(22)20-16(21-18(14)23-15(10)12)11-5-7-13(19)8-6-11/h2-8H,9H2,1H3,(H,20,21,22). The number of hydrogen-bond donors (Lipinski definition) is 1. The number of rotatable bonds is 1. The minimum Gasteiger partial charge on any atom is -0.438 e. The second kappa shape index (κ2) is 5.35. The number of hydrogen-bond acceptors (Lipinski definition) is 3. The van der Waals surface area contributed by atoms with Crippen LogP contribution >= 0.6 is 15.9 Å². The molecule has 1 aliphatic rings. The topological polar surface area (TPSA) is 55.0 Å². The molecule has 0 radical (unpaired) electrons. The van der Waals surface area contributed by atoms with E-state index in [-0.39, 0.29) is 5.56 Å². The minimum atomic E-state index is -0.153. The Bertz CT molecular complexity index is 962. The average molecular weight is 369 g/mol. The zero-order valence-electron chi connectivity index (χ0n) is 12.4. The van der Waals surface area contributed by atoms with Crippen LogP contribution in [0, 0.1) is 6.92 Å². The quantitative estimate of drug-likeness (QED) is 0.547. The van der Waals surface area contributed by atoms with Gasteiger partial charge in [0, 0.05) is 16.5 Å². The molecule has 0 unspecified atom stereocenters. The lowest BCUT2D eigenvalue weighted by Crippen LogP contribution is -2.20. The second-order valence-electron chi connectivity index (χ2n) is 5.55. The van der Waals surface area contributed by atoms with Gasteiger partial charge in [-0.2, -0.15) is 4.98 Å².